The Morgan fingerprint density at radius 1 is 1.33 bits per heavy atom. The summed E-state index contributed by atoms with van der Waals surface area (Å²) in [6.07, 6.45) is -4.34. The van der Waals surface area contributed by atoms with Crippen LogP contribution in [0.5, 0.6) is 0 Å². The zero-order valence-corrected chi connectivity index (χ0v) is 12.1. The molecule has 0 bridgehead atoms. The van der Waals surface area contributed by atoms with Crippen LogP contribution in [-0.2, 0) is 22.6 Å². The lowest BCUT2D eigenvalue weighted by Gasteiger charge is -2.24. The third kappa shape index (κ3) is 3.94. The molecule has 1 aliphatic heterocycles. The van der Waals surface area contributed by atoms with Gasteiger partial charge in [0.1, 0.15) is 5.82 Å². The highest BCUT2D eigenvalue weighted by molar-refractivity contribution is 7.91. The summed E-state index contributed by atoms with van der Waals surface area (Å²) in [5, 5.41) is 2.96. The van der Waals surface area contributed by atoms with E-state index in [4.69, 9.17) is 0 Å². The molecule has 2 rings (SSSR count). The fourth-order valence-electron chi connectivity index (χ4n) is 2.36. The van der Waals surface area contributed by atoms with Crippen molar-refractivity contribution >= 4 is 9.84 Å². The lowest BCUT2D eigenvalue weighted by atomic mass is 10.0. The minimum absolute atomic E-state index is 0.0483. The van der Waals surface area contributed by atoms with Crippen LogP contribution in [0, 0.1) is 5.82 Å². The molecule has 1 N–H and O–H groups in total. The van der Waals surface area contributed by atoms with Gasteiger partial charge in [-0.05, 0) is 31.0 Å². The number of nitrogens with one attached hydrogen (secondary N) is 1. The van der Waals surface area contributed by atoms with E-state index >= 15 is 0 Å². The van der Waals surface area contributed by atoms with Crippen LogP contribution in [-0.4, -0.2) is 25.5 Å². The zero-order chi connectivity index (χ0) is 15.9. The average Bonchev–Trinajstić information content (AvgIpc) is 2.62. The Hall–Kier alpha value is -1.15. The average molecular weight is 325 g/mol. The molecular weight excluding hydrogens is 310 g/mol. The van der Waals surface area contributed by atoms with Crippen LogP contribution in [0.2, 0.25) is 0 Å². The molecule has 0 amide bonds. The minimum Gasteiger partial charge on any atom is -0.306 e. The Morgan fingerprint density at radius 3 is 2.52 bits per heavy atom. The molecule has 1 saturated heterocycles. The summed E-state index contributed by atoms with van der Waals surface area (Å²) < 4.78 is 73.9. The largest absolute Gasteiger partial charge is 0.419 e. The predicted molar refractivity (Wildman–Crippen MR) is 69.9 cm³/mol. The summed E-state index contributed by atoms with van der Waals surface area (Å²) >= 11 is 0. The molecule has 1 aromatic rings. The number of benzene rings is 1. The molecule has 0 aromatic heterocycles. The summed E-state index contributed by atoms with van der Waals surface area (Å²) in [4.78, 5) is 0. The maximum absolute atomic E-state index is 13.2. The highest BCUT2D eigenvalue weighted by Gasteiger charge is 2.38. The summed E-state index contributed by atoms with van der Waals surface area (Å²) in [5.74, 6) is -1.30. The van der Waals surface area contributed by atoms with Gasteiger partial charge in [-0.1, -0.05) is 6.07 Å². The Labute approximate surface area is 120 Å². The van der Waals surface area contributed by atoms with E-state index in [1.165, 1.54) is 6.07 Å². The van der Waals surface area contributed by atoms with Gasteiger partial charge >= 0.3 is 6.18 Å². The van der Waals surface area contributed by atoms with Gasteiger partial charge < -0.3 is 5.32 Å². The molecule has 1 unspecified atom stereocenters. The van der Waals surface area contributed by atoms with E-state index in [0.29, 0.717) is 6.42 Å². The van der Waals surface area contributed by atoms with Crippen LogP contribution < -0.4 is 5.32 Å². The summed E-state index contributed by atoms with van der Waals surface area (Å²) in [6.45, 7) is 1.77. The third-order valence-corrected chi connectivity index (χ3v) is 5.46. The van der Waals surface area contributed by atoms with Crippen LogP contribution in [0.15, 0.2) is 18.2 Å². The first kappa shape index (κ1) is 16.2. The summed E-state index contributed by atoms with van der Waals surface area (Å²) in [6, 6.07) is 2.77. The Morgan fingerprint density at radius 2 is 2.00 bits per heavy atom. The van der Waals surface area contributed by atoms with Crippen LogP contribution in [0.1, 0.15) is 24.5 Å². The van der Waals surface area contributed by atoms with Gasteiger partial charge in [-0.15, -0.1) is 0 Å². The van der Waals surface area contributed by atoms with E-state index < -0.39 is 32.9 Å². The molecule has 0 saturated carbocycles. The number of rotatable bonds is 3. The highest BCUT2D eigenvalue weighted by Crippen LogP contribution is 2.32. The normalized spacial score (nSPS) is 25.2. The molecule has 0 aliphatic carbocycles. The van der Waals surface area contributed by atoms with E-state index in [1.807, 2.05) is 0 Å². The molecule has 1 heterocycles. The van der Waals surface area contributed by atoms with E-state index in [-0.39, 0.29) is 23.6 Å². The van der Waals surface area contributed by atoms with Crippen LogP contribution in [0.25, 0.3) is 0 Å². The molecule has 21 heavy (non-hydrogen) atoms. The van der Waals surface area contributed by atoms with Crippen molar-refractivity contribution in [3.8, 4) is 0 Å². The quantitative estimate of drug-likeness (QED) is 0.869. The van der Waals surface area contributed by atoms with Gasteiger partial charge in [-0.25, -0.2) is 12.8 Å². The predicted octanol–water partition coefficient (Wildman–Crippen LogP) is 2.51. The molecular formula is C13H15F4NO2S. The molecule has 1 aromatic carbocycles. The van der Waals surface area contributed by atoms with Gasteiger partial charge in [0.2, 0.25) is 0 Å². The van der Waals surface area contributed by atoms with Crippen molar-refractivity contribution in [2.75, 3.05) is 11.5 Å². The Bertz CT molecular complexity index is 642. The van der Waals surface area contributed by atoms with Gasteiger partial charge in [0.25, 0.3) is 0 Å². The van der Waals surface area contributed by atoms with Gasteiger partial charge in [0, 0.05) is 12.1 Å². The van der Waals surface area contributed by atoms with Crippen molar-refractivity contribution in [2.24, 2.45) is 0 Å². The number of hydrogen-bond acceptors (Lipinski definition) is 3. The van der Waals surface area contributed by atoms with Crippen molar-refractivity contribution in [2.45, 2.75) is 31.6 Å². The van der Waals surface area contributed by atoms with E-state index in [9.17, 15) is 26.0 Å². The Balaban J connectivity index is 2.11. The van der Waals surface area contributed by atoms with Gasteiger partial charge in [0.15, 0.2) is 9.84 Å². The zero-order valence-electron chi connectivity index (χ0n) is 11.3. The van der Waals surface area contributed by atoms with Crippen molar-refractivity contribution in [1.82, 2.24) is 5.32 Å². The monoisotopic (exact) mass is 325 g/mol. The molecule has 0 radical (unpaired) electrons. The van der Waals surface area contributed by atoms with Crippen LogP contribution in [0.4, 0.5) is 17.6 Å². The van der Waals surface area contributed by atoms with Crippen LogP contribution in [0.3, 0.4) is 0 Å². The van der Waals surface area contributed by atoms with E-state index in [2.05, 4.69) is 5.32 Å². The lowest BCUT2D eigenvalue weighted by Crippen LogP contribution is -2.42. The third-order valence-electron chi connectivity index (χ3n) is 3.56. The SMILES string of the molecule is CC1(NCc2ccc(F)c(C(F)(F)F)c2)CCS(=O)(=O)C1. The maximum Gasteiger partial charge on any atom is 0.419 e. The summed E-state index contributed by atoms with van der Waals surface area (Å²) in [5.41, 5.74) is -1.72. The molecule has 1 fully saturated rings. The van der Waals surface area contributed by atoms with E-state index in [1.54, 1.807) is 6.92 Å². The Kier molecular flexibility index (Phi) is 4.05. The van der Waals surface area contributed by atoms with Crippen molar-refractivity contribution in [3.63, 3.8) is 0 Å². The highest BCUT2D eigenvalue weighted by atomic mass is 32.2. The number of alkyl halides is 3. The topological polar surface area (TPSA) is 46.2 Å². The lowest BCUT2D eigenvalue weighted by molar-refractivity contribution is -0.140. The molecule has 3 nitrogen and oxygen atoms in total. The fourth-order valence-corrected chi connectivity index (χ4v) is 4.49. The summed E-state index contributed by atoms with van der Waals surface area (Å²) in [7, 11) is -3.10. The van der Waals surface area contributed by atoms with Gasteiger partial charge in [-0.2, -0.15) is 13.2 Å². The first-order chi connectivity index (χ1) is 9.51. The number of hydrogen-bond donors (Lipinski definition) is 1. The van der Waals surface area contributed by atoms with Gasteiger partial charge in [-0.3, -0.25) is 0 Å². The molecule has 8 heteroatoms. The van der Waals surface area contributed by atoms with Crippen molar-refractivity contribution in [3.05, 3.63) is 35.1 Å². The second-order valence-corrected chi connectivity index (χ2v) is 7.75. The molecule has 1 aliphatic rings. The van der Waals surface area contributed by atoms with Gasteiger partial charge in [0.05, 0.1) is 17.1 Å². The first-order valence-electron chi connectivity index (χ1n) is 6.32. The maximum atomic E-state index is 13.2. The van der Waals surface area contributed by atoms with E-state index in [0.717, 1.165) is 12.1 Å². The standard InChI is InChI=1S/C13H15F4NO2S/c1-12(4-5-21(19,20)8-12)18-7-9-2-3-11(14)10(6-9)13(15,16)17/h2-3,6,18H,4-5,7-8H2,1H3. The number of sulfone groups is 1. The molecule has 0 spiro atoms. The number of halogens is 4. The second-order valence-electron chi connectivity index (χ2n) is 5.57. The first-order valence-corrected chi connectivity index (χ1v) is 8.14. The van der Waals surface area contributed by atoms with Crippen molar-refractivity contribution in [1.29, 1.82) is 0 Å². The molecule has 118 valence electrons. The second kappa shape index (κ2) is 5.24. The van der Waals surface area contributed by atoms with Crippen LogP contribution >= 0.6 is 0 Å². The smallest absolute Gasteiger partial charge is 0.306 e. The fraction of sp³-hybridized carbons (Fsp3) is 0.538. The molecule has 1 atom stereocenters. The van der Waals surface area contributed by atoms with Crippen molar-refractivity contribution < 1.29 is 26.0 Å². The minimum atomic E-state index is -4.75.